The van der Waals surface area contributed by atoms with Crippen LogP contribution >= 0.6 is 0 Å². The van der Waals surface area contributed by atoms with Crippen LogP contribution in [0.3, 0.4) is 0 Å². The van der Waals surface area contributed by atoms with Gasteiger partial charge in [-0.1, -0.05) is 99.5 Å². The van der Waals surface area contributed by atoms with Crippen molar-refractivity contribution in [1.82, 2.24) is 15.5 Å². The quantitative estimate of drug-likeness (QED) is 0.161. The number of rotatable bonds is 12. The van der Waals surface area contributed by atoms with Gasteiger partial charge in [-0.2, -0.15) is 0 Å². The van der Waals surface area contributed by atoms with Gasteiger partial charge in [-0.25, -0.2) is 4.79 Å². The van der Waals surface area contributed by atoms with E-state index in [1.165, 1.54) is 5.57 Å². The van der Waals surface area contributed by atoms with Gasteiger partial charge in [0, 0.05) is 16.5 Å². The van der Waals surface area contributed by atoms with E-state index in [1.54, 1.807) is 12.1 Å². The molecule has 7 nitrogen and oxygen atoms in total. The Hall–Kier alpha value is -4.46. The van der Waals surface area contributed by atoms with Crippen LogP contribution in [0.1, 0.15) is 73.1 Å². The molecule has 2 aliphatic heterocycles. The van der Waals surface area contributed by atoms with Crippen LogP contribution in [-0.4, -0.2) is 47.9 Å². The molecule has 1 fully saturated rings. The molecule has 0 bridgehead atoms. The molecule has 238 valence electrons. The van der Waals surface area contributed by atoms with E-state index in [0.717, 1.165) is 53.9 Å². The minimum atomic E-state index is -1.52. The first-order valence-corrected chi connectivity index (χ1v) is 16.5. The Morgan fingerprint density at radius 2 is 1.52 bits per heavy atom. The van der Waals surface area contributed by atoms with Crippen LogP contribution in [0.15, 0.2) is 109 Å². The van der Waals surface area contributed by atoms with Gasteiger partial charge in [-0.3, -0.25) is 10.1 Å². The number of ether oxygens (including phenoxy) is 2. The molecule has 2 N–H and O–H groups in total. The molecule has 1 aliphatic carbocycles. The van der Waals surface area contributed by atoms with Crippen molar-refractivity contribution in [2.45, 2.75) is 63.8 Å². The first-order valence-electron chi connectivity index (χ1n) is 16.5. The van der Waals surface area contributed by atoms with E-state index >= 15 is 0 Å². The van der Waals surface area contributed by atoms with Gasteiger partial charge < -0.3 is 19.7 Å². The zero-order valence-corrected chi connectivity index (χ0v) is 26.8. The average Bonchev–Trinajstić information content (AvgIpc) is 3.09. The smallest absolute Gasteiger partial charge is 0.340 e. The van der Waals surface area contributed by atoms with E-state index in [1.807, 2.05) is 60.7 Å². The normalized spacial score (nSPS) is 21.5. The molecule has 2 atom stereocenters. The average molecular weight is 618 g/mol. The summed E-state index contributed by atoms with van der Waals surface area (Å²) in [5.41, 5.74) is 2.99. The van der Waals surface area contributed by atoms with Crippen molar-refractivity contribution in [2.75, 3.05) is 19.7 Å². The number of piperidine rings is 1. The number of carbonyl (C=O) groups is 2. The summed E-state index contributed by atoms with van der Waals surface area (Å²) in [6.45, 7) is 5.72. The van der Waals surface area contributed by atoms with Crippen molar-refractivity contribution in [3.8, 4) is 0 Å². The number of carbonyl (C=O) groups excluding carboxylic acids is 2. The maximum absolute atomic E-state index is 14.1. The molecule has 6 rings (SSSR count). The second kappa shape index (κ2) is 13.9. The molecular weight excluding hydrogens is 574 g/mol. The highest BCUT2D eigenvalue weighted by Gasteiger charge is 2.57. The van der Waals surface area contributed by atoms with Crippen molar-refractivity contribution in [3.05, 3.63) is 130 Å². The number of benzene rings is 3. The van der Waals surface area contributed by atoms with Gasteiger partial charge in [0.2, 0.25) is 0 Å². The van der Waals surface area contributed by atoms with Gasteiger partial charge in [0.05, 0.1) is 30.8 Å². The van der Waals surface area contributed by atoms with Crippen LogP contribution in [-0.2, 0) is 9.47 Å². The number of hydrogen-bond donors (Lipinski definition) is 2. The highest BCUT2D eigenvalue weighted by Crippen LogP contribution is 2.45. The summed E-state index contributed by atoms with van der Waals surface area (Å²) in [5.74, 6) is -2.20. The van der Waals surface area contributed by atoms with Gasteiger partial charge in [0.25, 0.3) is 11.7 Å². The Labute approximate surface area is 271 Å². The van der Waals surface area contributed by atoms with Gasteiger partial charge in [-0.05, 0) is 66.9 Å². The second-order valence-electron chi connectivity index (χ2n) is 12.2. The van der Waals surface area contributed by atoms with E-state index in [9.17, 15) is 9.59 Å². The minimum absolute atomic E-state index is 0.184. The number of esters is 1. The lowest BCUT2D eigenvalue weighted by Crippen LogP contribution is -2.73. The predicted octanol–water partition coefficient (Wildman–Crippen LogP) is 5.39. The number of unbranched alkanes of at least 4 members (excludes halogenated alkanes) is 2. The topological polar surface area (TPSA) is 79.9 Å². The lowest BCUT2D eigenvalue weighted by atomic mass is 9.83. The molecule has 2 unspecified atom stereocenters. The third kappa shape index (κ3) is 6.30. The molecule has 0 spiro atoms. The van der Waals surface area contributed by atoms with Crippen LogP contribution < -0.4 is 21.1 Å². The first kappa shape index (κ1) is 31.5. The molecule has 0 radical (unpaired) electrons. The molecule has 3 aromatic carbocycles. The van der Waals surface area contributed by atoms with E-state index in [0.29, 0.717) is 30.8 Å². The molecule has 0 saturated carbocycles. The standard InChI is InChI=1S/C39H43N3O4/c1-3-5-25-40-38(41-36(43)29-17-9-7-10-18-29)27-39(45-26-6-4-2,46-37(44)30-19-11-8-12-20-30)35-33-23-14-13-21-31(33)32-22-15-16-24-34(32)42(35)28-38/h7-21,23-24,40H,3-6,22,25-28H2,1-2H3,(H,41,43). The first-order chi connectivity index (χ1) is 22.5. The molecule has 0 aromatic heterocycles. The van der Waals surface area contributed by atoms with Crippen molar-refractivity contribution in [3.63, 3.8) is 0 Å². The van der Waals surface area contributed by atoms with Gasteiger partial charge in [-0.15, -0.1) is 0 Å². The summed E-state index contributed by atoms with van der Waals surface area (Å²) in [6, 6.07) is 26.6. The Balaban J connectivity index is 1.58. The zero-order chi connectivity index (χ0) is 32.0. The summed E-state index contributed by atoms with van der Waals surface area (Å²) in [4.78, 5) is 30.2. The van der Waals surface area contributed by atoms with Crippen molar-refractivity contribution >= 4 is 23.1 Å². The highest BCUT2D eigenvalue weighted by atomic mass is 16.7. The van der Waals surface area contributed by atoms with E-state index in [4.69, 9.17) is 9.47 Å². The Kier molecular flexibility index (Phi) is 9.52. The Morgan fingerprint density at radius 3 is 2.24 bits per heavy atom. The predicted molar refractivity (Wildman–Crippen MR) is 181 cm³/mol. The summed E-state index contributed by atoms with van der Waals surface area (Å²) in [6.07, 6.45) is 10.9. The number of nitrogens with one attached hydrogen (secondary N) is 2. The van der Waals surface area contributed by atoms with Crippen LogP contribution in [0.2, 0.25) is 0 Å². The molecule has 7 heteroatoms. The molecule has 2 heterocycles. The summed E-state index contributed by atoms with van der Waals surface area (Å²) in [5, 5.41) is 9.19. The third-order valence-corrected chi connectivity index (χ3v) is 8.90. The fraction of sp³-hybridized carbons (Fsp3) is 0.333. The number of nitrogens with zero attached hydrogens (tertiary/aromatic N) is 1. The largest absolute Gasteiger partial charge is 0.423 e. The highest BCUT2D eigenvalue weighted by molar-refractivity contribution is 5.95. The van der Waals surface area contributed by atoms with Crippen LogP contribution in [0.5, 0.6) is 0 Å². The van der Waals surface area contributed by atoms with Crippen LogP contribution in [0.4, 0.5) is 0 Å². The monoisotopic (exact) mass is 617 g/mol. The minimum Gasteiger partial charge on any atom is -0.423 e. The Morgan fingerprint density at radius 1 is 0.848 bits per heavy atom. The Bertz CT molecular complexity index is 1750. The maximum atomic E-state index is 14.1. The lowest BCUT2D eigenvalue weighted by molar-refractivity contribution is -0.197. The summed E-state index contributed by atoms with van der Waals surface area (Å²) >= 11 is 0. The molecule has 3 aromatic rings. The summed E-state index contributed by atoms with van der Waals surface area (Å²) in [7, 11) is 0. The molecule has 46 heavy (non-hydrogen) atoms. The zero-order valence-electron chi connectivity index (χ0n) is 26.8. The number of amides is 1. The fourth-order valence-electron chi connectivity index (χ4n) is 6.68. The summed E-state index contributed by atoms with van der Waals surface area (Å²) < 4.78 is 13.6. The van der Waals surface area contributed by atoms with Gasteiger partial charge in [0.15, 0.2) is 0 Å². The molecular formula is C39H43N3O4. The number of allylic oxidation sites excluding steroid dienone is 4. The molecule has 3 aliphatic rings. The van der Waals surface area contributed by atoms with E-state index < -0.39 is 17.4 Å². The van der Waals surface area contributed by atoms with Gasteiger partial charge >= 0.3 is 5.97 Å². The van der Waals surface area contributed by atoms with Gasteiger partial charge in [0.1, 0.15) is 5.66 Å². The van der Waals surface area contributed by atoms with Crippen molar-refractivity contribution in [2.24, 2.45) is 0 Å². The molecule has 1 saturated heterocycles. The third-order valence-electron chi connectivity index (χ3n) is 8.90. The SMILES string of the molecule is CCCCNC1(NC(=O)c2ccccc2)CN2C3=CC=CCC3=c3ccccc3=C2C(OCCCC)(OC(=O)c2ccccc2)C1. The van der Waals surface area contributed by atoms with E-state index in [2.05, 4.69) is 59.7 Å². The molecule has 1 amide bonds. The number of fused-ring (bicyclic) bond motifs is 4. The van der Waals surface area contributed by atoms with Crippen molar-refractivity contribution in [1.29, 1.82) is 0 Å². The van der Waals surface area contributed by atoms with Crippen molar-refractivity contribution < 1.29 is 19.1 Å². The van der Waals surface area contributed by atoms with Crippen LogP contribution in [0, 0.1) is 0 Å². The number of hydrogen-bond acceptors (Lipinski definition) is 6. The second-order valence-corrected chi connectivity index (χ2v) is 12.2. The fourth-order valence-corrected chi connectivity index (χ4v) is 6.68. The van der Waals surface area contributed by atoms with Crippen LogP contribution in [0.25, 0.3) is 11.3 Å². The lowest BCUT2D eigenvalue weighted by Gasteiger charge is -2.55. The maximum Gasteiger partial charge on any atom is 0.340 e. The van der Waals surface area contributed by atoms with E-state index in [-0.39, 0.29) is 12.3 Å².